The van der Waals surface area contributed by atoms with Crippen LogP contribution < -0.4 is 16.0 Å². The number of rotatable bonds is 7. The van der Waals surface area contributed by atoms with Gasteiger partial charge in [-0.1, -0.05) is 26.2 Å². The van der Waals surface area contributed by atoms with Gasteiger partial charge in [-0.25, -0.2) is 14.8 Å². The molecule has 0 radical (unpaired) electrons. The fourth-order valence-electron chi connectivity index (χ4n) is 6.39. The largest absolute Gasteiger partial charge is 0.460 e. The van der Waals surface area contributed by atoms with E-state index in [1.807, 2.05) is 0 Å². The number of fused-ring (bicyclic) bond motifs is 1. The highest BCUT2D eigenvalue weighted by Gasteiger charge is 2.31. The Morgan fingerprint density at radius 3 is 2.49 bits per heavy atom. The molecule has 3 fully saturated rings. The maximum atomic E-state index is 11.7. The van der Waals surface area contributed by atoms with Gasteiger partial charge < -0.3 is 19.3 Å². The molecule has 4 heterocycles. The molecule has 3 aromatic rings. The van der Waals surface area contributed by atoms with Gasteiger partial charge in [0.15, 0.2) is 11.5 Å². The van der Waals surface area contributed by atoms with Crippen molar-refractivity contribution in [2.75, 3.05) is 16.8 Å². The minimum absolute atomic E-state index is 0.231. The first-order valence-electron chi connectivity index (χ1n) is 14.3. The van der Waals surface area contributed by atoms with Crippen LogP contribution in [0.15, 0.2) is 9.32 Å². The van der Waals surface area contributed by atoms with Gasteiger partial charge in [-0.05, 0) is 76.5 Å². The smallest absolute Gasteiger partial charge is 0.365 e. The lowest BCUT2D eigenvalue weighted by Gasteiger charge is -2.36. The summed E-state index contributed by atoms with van der Waals surface area (Å²) in [5, 5.41) is 6.31. The first-order chi connectivity index (χ1) is 18.0. The van der Waals surface area contributed by atoms with Crippen molar-refractivity contribution in [3.8, 4) is 11.6 Å². The molecule has 10 nitrogen and oxygen atoms in total. The lowest BCUT2D eigenvalue weighted by atomic mass is 9.80. The van der Waals surface area contributed by atoms with E-state index in [9.17, 15) is 4.79 Å². The number of aromatic nitrogens is 6. The van der Waals surface area contributed by atoms with Crippen LogP contribution in [0.2, 0.25) is 0 Å². The van der Waals surface area contributed by atoms with Gasteiger partial charge in [-0.3, -0.25) is 0 Å². The van der Waals surface area contributed by atoms with Gasteiger partial charge in [0.1, 0.15) is 5.52 Å². The van der Waals surface area contributed by atoms with Crippen LogP contribution in [0.5, 0.6) is 0 Å². The topological polar surface area (TPSA) is 118 Å². The Bertz CT molecular complexity index is 1280. The van der Waals surface area contributed by atoms with Gasteiger partial charge >= 0.3 is 5.76 Å². The maximum absolute atomic E-state index is 11.7. The quantitative estimate of drug-likeness (QED) is 0.459. The summed E-state index contributed by atoms with van der Waals surface area (Å²) >= 11 is 0. The summed E-state index contributed by atoms with van der Waals surface area (Å²) in [5.41, 5.74) is 1.61. The minimum atomic E-state index is -0.684. The third kappa shape index (κ3) is 4.86. The molecular formula is C27H40N8O2. The van der Waals surface area contributed by atoms with E-state index in [-0.39, 0.29) is 11.9 Å². The number of anilines is 2. The van der Waals surface area contributed by atoms with Gasteiger partial charge in [0, 0.05) is 25.2 Å². The minimum Gasteiger partial charge on any atom is -0.365 e. The van der Waals surface area contributed by atoms with Crippen LogP contribution in [0.3, 0.4) is 0 Å². The van der Waals surface area contributed by atoms with Crippen LogP contribution in [-0.4, -0.2) is 48.3 Å². The van der Waals surface area contributed by atoms with Crippen LogP contribution in [-0.2, 0) is 6.54 Å². The Hall–Kier alpha value is -2.91. The van der Waals surface area contributed by atoms with E-state index >= 15 is 0 Å². The molecule has 10 heteroatoms. The average Bonchev–Trinajstić information content (AvgIpc) is 3.43. The number of H-pyrrole nitrogens is 1. The molecule has 1 aliphatic heterocycles. The zero-order chi connectivity index (χ0) is 25.5. The number of hydrogen-bond donors (Lipinski definition) is 2. The molecule has 2 N–H and O–H groups in total. The molecule has 0 spiro atoms. The summed E-state index contributed by atoms with van der Waals surface area (Å²) < 4.78 is 7.24. The van der Waals surface area contributed by atoms with E-state index in [4.69, 9.17) is 19.5 Å². The van der Waals surface area contributed by atoms with Crippen molar-refractivity contribution in [3.63, 3.8) is 0 Å². The highest BCUT2D eigenvalue weighted by Crippen LogP contribution is 2.37. The number of nitrogens with zero attached hydrogens (tertiary/aromatic N) is 6. The normalized spacial score (nSPS) is 25.8. The standard InChI is InChI=1S/C27H40N8O2/c1-16-10-12-19(13-11-16)15-35-21-22(28-18(3)20-8-6-9-20)29-24(25-32-27(36)37-33-25)30-23(21)31-26(35)34-14-5-4-7-17(34)2/h16-20H,4-15H2,1-3H3,(H,28,29,30)(H,32,33,36)/t16-,17-,18-,19-/m1/s1. The van der Waals surface area contributed by atoms with Crippen molar-refractivity contribution < 1.29 is 4.52 Å². The van der Waals surface area contributed by atoms with Gasteiger partial charge in [0.2, 0.25) is 17.6 Å². The molecule has 3 aromatic heterocycles. The molecule has 0 aromatic carbocycles. The Morgan fingerprint density at radius 1 is 1.00 bits per heavy atom. The lowest BCUT2D eigenvalue weighted by molar-refractivity contribution is 0.266. The molecule has 2 atom stereocenters. The summed E-state index contributed by atoms with van der Waals surface area (Å²) in [4.78, 5) is 32.9. The van der Waals surface area contributed by atoms with Gasteiger partial charge in [-0.15, -0.1) is 4.98 Å². The Morgan fingerprint density at radius 2 is 1.81 bits per heavy atom. The molecule has 2 aliphatic carbocycles. The number of nitrogens with one attached hydrogen (secondary N) is 2. The monoisotopic (exact) mass is 508 g/mol. The van der Waals surface area contributed by atoms with Crippen molar-refractivity contribution >= 4 is 22.9 Å². The number of piperidine rings is 1. The zero-order valence-electron chi connectivity index (χ0n) is 22.4. The lowest BCUT2D eigenvalue weighted by Crippen LogP contribution is -2.39. The van der Waals surface area contributed by atoms with E-state index < -0.39 is 5.76 Å². The Balaban J connectivity index is 1.48. The molecule has 200 valence electrons. The van der Waals surface area contributed by atoms with Gasteiger partial charge in [0.25, 0.3) is 0 Å². The number of imidazole rings is 1. The van der Waals surface area contributed by atoms with E-state index in [0.717, 1.165) is 36.3 Å². The summed E-state index contributed by atoms with van der Waals surface area (Å²) in [6, 6.07) is 0.715. The number of hydrogen-bond acceptors (Lipinski definition) is 8. The van der Waals surface area contributed by atoms with Crippen molar-refractivity contribution in [1.82, 2.24) is 29.7 Å². The average molecular weight is 509 g/mol. The first-order valence-corrected chi connectivity index (χ1v) is 14.3. The molecule has 2 saturated carbocycles. The summed E-state index contributed by atoms with van der Waals surface area (Å²) in [6.07, 6.45) is 12.4. The van der Waals surface area contributed by atoms with Crippen molar-refractivity contribution in [2.45, 2.75) is 104 Å². The van der Waals surface area contributed by atoms with Gasteiger partial charge in [-0.2, -0.15) is 10.1 Å². The fraction of sp³-hybridized carbons (Fsp3) is 0.741. The van der Waals surface area contributed by atoms with E-state index in [2.05, 4.69) is 45.7 Å². The second-order valence-electron chi connectivity index (χ2n) is 11.8. The van der Waals surface area contributed by atoms with Crippen LogP contribution in [0, 0.1) is 17.8 Å². The molecule has 6 rings (SSSR count). The zero-order valence-corrected chi connectivity index (χ0v) is 22.4. The third-order valence-corrected chi connectivity index (χ3v) is 9.09. The maximum Gasteiger partial charge on any atom is 0.460 e. The molecule has 0 bridgehead atoms. The van der Waals surface area contributed by atoms with Crippen molar-refractivity contribution in [3.05, 3.63) is 10.6 Å². The first kappa shape index (κ1) is 24.4. The molecule has 0 amide bonds. The molecule has 3 aliphatic rings. The van der Waals surface area contributed by atoms with Crippen molar-refractivity contribution in [1.29, 1.82) is 0 Å². The highest BCUT2D eigenvalue weighted by molar-refractivity contribution is 5.87. The summed E-state index contributed by atoms with van der Waals surface area (Å²) in [7, 11) is 0. The number of aromatic amines is 1. The Labute approximate surface area is 217 Å². The summed E-state index contributed by atoms with van der Waals surface area (Å²) in [5.74, 6) is 3.72. The fourth-order valence-corrected chi connectivity index (χ4v) is 6.39. The second kappa shape index (κ2) is 10.1. The van der Waals surface area contributed by atoms with Crippen LogP contribution >= 0.6 is 0 Å². The van der Waals surface area contributed by atoms with E-state index in [1.165, 1.54) is 64.2 Å². The SMILES string of the molecule is C[C@@H]1CCCCN1c1nc2nc(-c3nc(=O)o[nH]3)nc(N[C@H](C)C3CCC3)c2n1C[C@H]1CC[C@H](C)CC1. The highest BCUT2D eigenvalue weighted by atomic mass is 16.5. The third-order valence-electron chi connectivity index (χ3n) is 9.09. The van der Waals surface area contributed by atoms with Gasteiger partial charge in [0.05, 0.1) is 0 Å². The molecule has 0 unspecified atom stereocenters. The predicted molar refractivity (Wildman–Crippen MR) is 144 cm³/mol. The van der Waals surface area contributed by atoms with E-state index in [1.54, 1.807) is 0 Å². The van der Waals surface area contributed by atoms with E-state index in [0.29, 0.717) is 29.3 Å². The molecule has 37 heavy (non-hydrogen) atoms. The predicted octanol–water partition coefficient (Wildman–Crippen LogP) is 4.98. The Kier molecular flexibility index (Phi) is 6.67. The summed E-state index contributed by atoms with van der Waals surface area (Å²) in [6.45, 7) is 8.85. The van der Waals surface area contributed by atoms with Crippen molar-refractivity contribution in [2.24, 2.45) is 17.8 Å². The van der Waals surface area contributed by atoms with Crippen LogP contribution in [0.4, 0.5) is 11.8 Å². The van der Waals surface area contributed by atoms with Crippen LogP contribution in [0.1, 0.15) is 85.0 Å². The molecule has 1 saturated heterocycles. The second-order valence-corrected chi connectivity index (χ2v) is 11.8. The molecular weight excluding hydrogens is 468 g/mol. The van der Waals surface area contributed by atoms with Crippen LogP contribution in [0.25, 0.3) is 22.8 Å².